The summed E-state index contributed by atoms with van der Waals surface area (Å²) in [7, 11) is 1.32. The monoisotopic (exact) mass is 473 g/mol. The number of amides is 2. The third-order valence-electron chi connectivity index (χ3n) is 4.69. The number of ether oxygens (including phenoxy) is 4. The van der Waals surface area contributed by atoms with Crippen LogP contribution in [0.5, 0.6) is 11.5 Å². The van der Waals surface area contributed by atoms with Crippen molar-refractivity contribution in [2.24, 2.45) is 0 Å². The molecule has 1 fully saturated rings. The molecule has 1 aliphatic heterocycles. The summed E-state index contributed by atoms with van der Waals surface area (Å²) in [5.74, 6) is -2.93. The van der Waals surface area contributed by atoms with E-state index >= 15 is 0 Å². The van der Waals surface area contributed by atoms with Crippen molar-refractivity contribution in [1.29, 1.82) is 0 Å². The molecule has 1 aromatic heterocycles. The fraction of sp³-hybridized carbons (Fsp3) is 0.318. The van der Waals surface area contributed by atoms with Crippen molar-refractivity contribution in [2.75, 3.05) is 20.3 Å². The quantitative estimate of drug-likeness (QED) is 0.402. The maximum atomic E-state index is 12.5. The third kappa shape index (κ3) is 6.58. The molecule has 2 atom stereocenters. The topological polar surface area (TPSA) is 162 Å². The number of aromatic nitrogens is 1. The first kappa shape index (κ1) is 24.3. The number of methoxy groups -OCH3 is 1. The second kappa shape index (κ2) is 11.5. The lowest BCUT2D eigenvalue weighted by molar-refractivity contribution is -0.149. The van der Waals surface area contributed by atoms with Gasteiger partial charge in [0, 0.05) is 12.3 Å². The average Bonchev–Trinajstić information content (AvgIpc) is 2.89. The van der Waals surface area contributed by atoms with Gasteiger partial charge in [-0.15, -0.1) is 0 Å². The molecule has 3 N–H and O–H groups in total. The predicted molar refractivity (Wildman–Crippen MR) is 114 cm³/mol. The molecule has 34 heavy (non-hydrogen) atoms. The summed E-state index contributed by atoms with van der Waals surface area (Å²) in [4.78, 5) is 53.0. The molecule has 3 rings (SSSR count). The molecular formula is C22H23N3O9. The van der Waals surface area contributed by atoms with Gasteiger partial charge in [0.1, 0.15) is 25.9 Å². The van der Waals surface area contributed by atoms with Gasteiger partial charge in [-0.3, -0.25) is 9.59 Å². The Labute approximate surface area is 194 Å². The highest BCUT2D eigenvalue weighted by Crippen LogP contribution is 2.27. The van der Waals surface area contributed by atoms with Crippen LogP contribution < -0.4 is 15.4 Å². The first-order chi connectivity index (χ1) is 16.4. The molecule has 1 aliphatic rings. The van der Waals surface area contributed by atoms with Gasteiger partial charge < -0.3 is 34.7 Å². The Balaban J connectivity index is 1.58. The minimum atomic E-state index is -1.34. The minimum absolute atomic E-state index is 0.0296. The van der Waals surface area contributed by atoms with E-state index in [2.05, 4.69) is 15.6 Å². The molecular weight excluding hydrogens is 450 g/mol. The van der Waals surface area contributed by atoms with E-state index in [0.717, 1.165) is 5.56 Å². The SMILES string of the molecule is COc1ccnc(C(=O)NC2COC(=O)CC(NC(=O)OCc3ccccc3)C(=O)OC2)c1O. The summed E-state index contributed by atoms with van der Waals surface area (Å²) in [5.41, 5.74) is 0.418. The van der Waals surface area contributed by atoms with Crippen LogP contribution >= 0.6 is 0 Å². The fourth-order valence-corrected chi connectivity index (χ4v) is 2.96. The molecule has 0 aliphatic carbocycles. The number of alkyl carbamates (subject to hydrolysis) is 1. The predicted octanol–water partition coefficient (Wildman–Crippen LogP) is 0.679. The van der Waals surface area contributed by atoms with Crippen molar-refractivity contribution < 1.29 is 43.2 Å². The van der Waals surface area contributed by atoms with Crippen molar-refractivity contribution in [3.63, 3.8) is 0 Å². The van der Waals surface area contributed by atoms with Crippen LogP contribution in [0.4, 0.5) is 4.79 Å². The van der Waals surface area contributed by atoms with E-state index in [0.29, 0.717) is 0 Å². The summed E-state index contributed by atoms with van der Waals surface area (Å²) in [6.07, 6.45) is -0.135. The first-order valence-corrected chi connectivity index (χ1v) is 10.2. The summed E-state index contributed by atoms with van der Waals surface area (Å²) in [5, 5.41) is 14.8. The van der Waals surface area contributed by atoms with Crippen LogP contribution in [0.1, 0.15) is 22.5 Å². The highest BCUT2D eigenvalue weighted by molar-refractivity contribution is 5.95. The zero-order chi connectivity index (χ0) is 24.5. The van der Waals surface area contributed by atoms with Crippen LogP contribution in [-0.4, -0.2) is 66.4 Å². The molecule has 0 bridgehead atoms. The number of aromatic hydroxyl groups is 1. The number of hydrogen-bond donors (Lipinski definition) is 3. The lowest BCUT2D eigenvalue weighted by atomic mass is 10.2. The lowest BCUT2D eigenvalue weighted by Crippen LogP contribution is -2.44. The van der Waals surface area contributed by atoms with Gasteiger partial charge in [0.15, 0.2) is 17.2 Å². The summed E-state index contributed by atoms with van der Waals surface area (Å²) in [6.45, 7) is -0.703. The number of nitrogens with one attached hydrogen (secondary N) is 2. The number of esters is 2. The normalized spacial score (nSPS) is 18.3. The van der Waals surface area contributed by atoms with Gasteiger partial charge in [0.2, 0.25) is 0 Å². The zero-order valence-corrected chi connectivity index (χ0v) is 18.2. The Kier molecular flexibility index (Phi) is 8.21. The van der Waals surface area contributed by atoms with Crippen molar-refractivity contribution >= 4 is 23.9 Å². The molecule has 2 unspecified atom stereocenters. The van der Waals surface area contributed by atoms with Crippen molar-refractivity contribution in [1.82, 2.24) is 15.6 Å². The van der Waals surface area contributed by atoms with Gasteiger partial charge in [-0.05, 0) is 5.56 Å². The third-order valence-corrected chi connectivity index (χ3v) is 4.69. The number of carbonyl (C=O) groups excluding carboxylic acids is 4. The van der Waals surface area contributed by atoms with Crippen molar-refractivity contribution in [2.45, 2.75) is 25.1 Å². The van der Waals surface area contributed by atoms with Crippen LogP contribution in [0.3, 0.4) is 0 Å². The second-order valence-electron chi connectivity index (χ2n) is 7.16. The maximum absolute atomic E-state index is 12.5. The van der Waals surface area contributed by atoms with Gasteiger partial charge in [0.05, 0.1) is 19.6 Å². The first-order valence-electron chi connectivity index (χ1n) is 10.2. The van der Waals surface area contributed by atoms with Crippen molar-refractivity contribution in [3.8, 4) is 11.5 Å². The Morgan fingerprint density at radius 3 is 2.59 bits per heavy atom. The Bertz CT molecular complexity index is 1050. The number of benzene rings is 1. The Morgan fingerprint density at radius 1 is 1.12 bits per heavy atom. The standard InChI is InChI=1S/C22H23N3O9/c1-31-16-7-8-23-18(19(16)27)20(28)24-14-11-32-17(26)9-15(21(29)33-12-14)25-22(30)34-10-13-5-3-2-4-6-13/h2-8,14-15,27H,9-12H2,1H3,(H,24,28)(H,25,30). The van der Waals surface area contributed by atoms with E-state index in [-0.39, 0.29) is 31.3 Å². The Morgan fingerprint density at radius 2 is 1.85 bits per heavy atom. The molecule has 180 valence electrons. The maximum Gasteiger partial charge on any atom is 0.408 e. The number of carbonyl (C=O) groups is 4. The van der Waals surface area contributed by atoms with Gasteiger partial charge in [-0.25, -0.2) is 14.6 Å². The second-order valence-corrected chi connectivity index (χ2v) is 7.16. The molecule has 2 heterocycles. The van der Waals surface area contributed by atoms with Gasteiger partial charge in [-0.1, -0.05) is 30.3 Å². The van der Waals surface area contributed by atoms with E-state index in [1.165, 1.54) is 19.4 Å². The smallest absolute Gasteiger partial charge is 0.408 e. The zero-order valence-electron chi connectivity index (χ0n) is 18.2. The van der Waals surface area contributed by atoms with E-state index in [4.69, 9.17) is 18.9 Å². The van der Waals surface area contributed by atoms with Gasteiger partial charge >= 0.3 is 18.0 Å². The molecule has 0 saturated carbocycles. The van der Waals surface area contributed by atoms with Gasteiger partial charge in [-0.2, -0.15) is 0 Å². The van der Waals surface area contributed by atoms with Crippen LogP contribution in [0.2, 0.25) is 0 Å². The number of pyridine rings is 1. The molecule has 1 saturated heterocycles. The largest absolute Gasteiger partial charge is 0.503 e. The highest BCUT2D eigenvalue weighted by atomic mass is 16.6. The Hall–Kier alpha value is -4.35. The number of cyclic esters (lactones) is 2. The molecule has 0 spiro atoms. The van der Waals surface area contributed by atoms with Gasteiger partial charge in [0.25, 0.3) is 5.91 Å². The van der Waals surface area contributed by atoms with Crippen LogP contribution in [0.15, 0.2) is 42.6 Å². The van der Waals surface area contributed by atoms with E-state index in [1.54, 1.807) is 24.3 Å². The van der Waals surface area contributed by atoms with Crippen molar-refractivity contribution in [3.05, 3.63) is 53.9 Å². The number of hydrogen-bond acceptors (Lipinski definition) is 10. The molecule has 12 heteroatoms. The number of nitrogens with zero attached hydrogens (tertiary/aromatic N) is 1. The minimum Gasteiger partial charge on any atom is -0.503 e. The molecule has 2 amide bonds. The van der Waals surface area contributed by atoms with E-state index in [1.807, 2.05) is 6.07 Å². The van der Waals surface area contributed by atoms with Crippen LogP contribution in [-0.2, 0) is 30.4 Å². The molecule has 1 aromatic carbocycles. The number of rotatable bonds is 6. The molecule has 12 nitrogen and oxygen atoms in total. The van der Waals surface area contributed by atoms with E-state index in [9.17, 15) is 24.3 Å². The fourth-order valence-electron chi connectivity index (χ4n) is 2.96. The highest BCUT2D eigenvalue weighted by Gasteiger charge is 2.31. The lowest BCUT2D eigenvalue weighted by Gasteiger charge is -2.18. The van der Waals surface area contributed by atoms with Crippen LogP contribution in [0, 0.1) is 0 Å². The average molecular weight is 473 g/mol. The summed E-state index contributed by atoms with van der Waals surface area (Å²) < 4.78 is 20.2. The molecule has 0 radical (unpaired) electrons. The van der Waals surface area contributed by atoms with Crippen LogP contribution in [0.25, 0.3) is 0 Å². The summed E-state index contributed by atoms with van der Waals surface area (Å²) >= 11 is 0. The van der Waals surface area contributed by atoms with E-state index < -0.39 is 48.2 Å². The molecule has 2 aromatic rings. The summed E-state index contributed by atoms with van der Waals surface area (Å²) in [6, 6.07) is 7.99.